The Hall–Kier alpha value is -1.91. The van der Waals surface area contributed by atoms with Crippen molar-refractivity contribution in [2.24, 2.45) is 11.3 Å². The molecule has 1 aliphatic carbocycles. The highest BCUT2D eigenvalue weighted by Crippen LogP contribution is 2.45. The summed E-state index contributed by atoms with van der Waals surface area (Å²) >= 11 is 2.88. The number of carbonyl (C=O) groups excluding carboxylic acids is 1. The van der Waals surface area contributed by atoms with Crippen molar-refractivity contribution in [1.82, 2.24) is 9.97 Å². The quantitative estimate of drug-likeness (QED) is 0.532. The van der Waals surface area contributed by atoms with E-state index < -0.39 is 0 Å². The lowest BCUT2D eigenvalue weighted by Gasteiger charge is -2.36. The molecule has 1 N–H and O–H groups in total. The van der Waals surface area contributed by atoms with Crippen LogP contribution in [0.2, 0.25) is 0 Å². The molecule has 5 nitrogen and oxygen atoms in total. The standard InChI is InChI=1S/C21H26N4OS2/c1-5-21(3,4)14-6-7-15-16(11-22)19(28-17(15)10-14)25-18(26)12-27-20-23-9-8-13(2)24-20/h8-9,14H,5-7,10,12H2,1-4H3,(H,25,26). The highest BCUT2D eigenvalue weighted by Gasteiger charge is 2.34. The highest BCUT2D eigenvalue weighted by molar-refractivity contribution is 7.99. The summed E-state index contributed by atoms with van der Waals surface area (Å²) in [5.74, 6) is 0.714. The molecule has 1 unspecified atom stereocenters. The topological polar surface area (TPSA) is 78.7 Å². The minimum atomic E-state index is -0.129. The second kappa shape index (κ2) is 8.62. The Morgan fingerprint density at radius 3 is 2.96 bits per heavy atom. The van der Waals surface area contributed by atoms with Gasteiger partial charge < -0.3 is 5.32 Å². The Bertz CT molecular complexity index is 914. The molecule has 1 amide bonds. The Balaban J connectivity index is 1.70. The SMILES string of the molecule is CCC(C)(C)C1CCc2c(sc(NC(=O)CSc3nccc(C)n3)c2C#N)C1. The summed E-state index contributed by atoms with van der Waals surface area (Å²) in [6.07, 6.45) is 5.86. The molecular weight excluding hydrogens is 388 g/mol. The molecule has 0 aromatic carbocycles. The molecular formula is C21H26N4OS2. The maximum Gasteiger partial charge on any atom is 0.235 e. The van der Waals surface area contributed by atoms with Crippen molar-refractivity contribution in [2.75, 3.05) is 11.1 Å². The number of anilines is 1. The van der Waals surface area contributed by atoms with Gasteiger partial charge in [0.25, 0.3) is 0 Å². The molecule has 2 heterocycles. The van der Waals surface area contributed by atoms with E-state index >= 15 is 0 Å². The van der Waals surface area contributed by atoms with Crippen LogP contribution in [-0.2, 0) is 17.6 Å². The van der Waals surface area contributed by atoms with Crippen LogP contribution in [0, 0.1) is 29.6 Å². The summed E-state index contributed by atoms with van der Waals surface area (Å²) in [6, 6.07) is 4.15. The molecule has 28 heavy (non-hydrogen) atoms. The Kier molecular flexibility index (Phi) is 6.41. The van der Waals surface area contributed by atoms with Gasteiger partial charge in [-0.3, -0.25) is 4.79 Å². The van der Waals surface area contributed by atoms with Crippen molar-refractivity contribution in [3.63, 3.8) is 0 Å². The van der Waals surface area contributed by atoms with E-state index in [0.717, 1.165) is 36.9 Å². The van der Waals surface area contributed by atoms with Gasteiger partial charge in [-0.2, -0.15) is 5.26 Å². The predicted octanol–water partition coefficient (Wildman–Crippen LogP) is 4.99. The lowest BCUT2D eigenvalue weighted by molar-refractivity contribution is -0.113. The Labute approximate surface area is 175 Å². The minimum absolute atomic E-state index is 0.129. The van der Waals surface area contributed by atoms with Gasteiger partial charge in [-0.15, -0.1) is 11.3 Å². The number of hydrogen-bond donors (Lipinski definition) is 1. The van der Waals surface area contributed by atoms with Crippen LogP contribution in [0.5, 0.6) is 0 Å². The van der Waals surface area contributed by atoms with Crippen molar-refractivity contribution in [3.05, 3.63) is 34.0 Å². The molecule has 0 saturated heterocycles. The maximum absolute atomic E-state index is 12.4. The monoisotopic (exact) mass is 414 g/mol. The van der Waals surface area contributed by atoms with Gasteiger partial charge in [0.15, 0.2) is 5.16 Å². The number of carbonyl (C=O) groups is 1. The van der Waals surface area contributed by atoms with E-state index in [9.17, 15) is 10.1 Å². The van der Waals surface area contributed by atoms with Crippen molar-refractivity contribution in [3.8, 4) is 6.07 Å². The van der Waals surface area contributed by atoms with Gasteiger partial charge >= 0.3 is 0 Å². The van der Waals surface area contributed by atoms with Crippen LogP contribution in [0.4, 0.5) is 5.00 Å². The molecule has 7 heteroatoms. The first-order chi connectivity index (χ1) is 13.3. The normalized spacial score (nSPS) is 16.3. The molecule has 1 aliphatic rings. The highest BCUT2D eigenvalue weighted by atomic mass is 32.2. The number of nitriles is 1. The lowest BCUT2D eigenvalue weighted by atomic mass is 9.69. The number of nitrogens with zero attached hydrogens (tertiary/aromatic N) is 3. The molecule has 2 aromatic rings. The third kappa shape index (κ3) is 4.56. The fourth-order valence-electron chi connectivity index (χ4n) is 3.54. The van der Waals surface area contributed by atoms with Gasteiger partial charge in [0.2, 0.25) is 5.91 Å². The largest absolute Gasteiger partial charge is 0.316 e. The Morgan fingerprint density at radius 2 is 2.29 bits per heavy atom. The molecule has 0 saturated carbocycles. The van der Waals surface area contributed by atoms with Crippen molar-refractivity contribution >= 4 is 34.0 Å². The van der Waals surface area contributed by atoms with E-state index in [1.165, 1.54) is 16.6 Å². The van der Waals surface area contributed by atoms with Gasteiger partial charge in [0, 0.05) is 16.8 Å². The zero-order valence-corrected chi connectivity index (χ0v) is 18.5. The predicted molar refractivity (Wildman–Crippen MR) is 115 cm³/mol. The molecule has 1 atom stereocenters. The smallest absolute Gasteiger partial charge is 0.235 e. The lowest BCUT2D eigenvalue weighted by Crippen LogP contribution is -2.28. The second-order valence-electron chi connectivity index (χ2n) is 7.92. The van der Waals surface area contributed by atoms with Crippen LogP contribution < -0.4 is 5.32 Å². The Morgan fingerprint density at radius 1 is 1.50 bits per heavy atom. The zero-order chi connectivity index (χ0) is 20.3. The number of thioether (sulfide) groups is 1. The fraction of sp³-hybridized carbons (Fsp3) is 0.524. The summed E-state index contributed by atoms with van der Waals surface area (Å²) in [6.45, 7) is 8.80. The van der Waals surface area contributed by atoms with E-state index in [0.29, 0.717) is 27.1 Å². The van der Waals surface area contributed by atoms with Gasteiger partial charge in [-0.1, -0.05) is 39.0 Å². The molecule has 2 aromatic heterocycles. The first-order valence-corrected chi connectivity index (χ1v) is 11.4. The number of aromatic nitrogens is 2. The zero-order valence-electron chi connectivity index (χ0n) is 16.8. The summed E-state index contributed by atoms with van der Waals surface area (Å²) in [5, 5.41) is 13.9. The first-order valence-electron chi connectivity index (χ1n) is 9.61. The average Bonchev–Trinajstić information content (AvgIpc) is 3.02. The number of amides is 1. The van der Waals surface area contributed by atoms with E-state index in [1.807, 2.05) is 13.0 Å². The van der Waals surface area contributed by atoms with Crippen LogP contribution in [-0.4, -0.2) is 21.6 Å². The van der Waals surface area contributed by atoms with E-state index in [-0.39, 0.29) is 11.7 Å². The number of nitrogens with one attached hydrogen (secondary N) is 1. The average molecular weight is 415 g/mol. The van der Waals surface area contributed by atoms with Crippen molar-refractivity contribution in [2.45, 2.75) is 58.5 Å². The van der Waals surface area contributed by atoms with Gasteiger partial charge in [0.1, 0.15) is 11.1 Å². The number of rotatable bonds is 6. The summed E-state index contributed by atoms with van der Waals surface area (Å²) < 4.78 is 0. The number of thiophene rings is 1. The van der Waals surface area contributed by atoms with Crippen LogP contribution in [0.1, 0.15) is 55.3 Å². The summed E-state index contributed by atoms with van der Waals surface area (Å²) in [7, 11) is 0. The summed E-state index contributed by atoms with van der Waals surface area (Å²) in [4.78, 5) is 22.2. The number of aryl methyl sites for hydroxylation is 1. The molecule has 148 valence electrons. The summed E-state index contributed by atoms with van der Waals surface area (Å²) in [5.41, 5.74) is 2.96. The van der Waals surface area contributed by atoms with Crippen LogP contribution in [0.3, 0.4) is 0 Å². The van der Waals surface area contributed by atoms with Gasteiger partial charge in [-0.25, -0.2) is 9.97 Å². The van der Waals surface area contributed by atoms with E-state index in [4.69, 9.17) is 0 Å². The van der Waals surface area contributed by atoms with Gasteiger partial charge in [-0.05, 0) is 49.1 Å². The fourth-order valence-corrected chi connectivity index (χ4v) is 5.51. The van der Waals surface area contributed by atoms with Gasteiger partial charge in [0.05, 0.1) is 11.3 Å². The van der Waals surface area contributed by atoms with Crippen molar-refractivity contribution < 1.29 is 4.79 Å². The molecule has 0 aliphatic heterocycles. The third-order valence-corrected chi connectivity index (χ3v) is 7.78. The molecule has 0 bridgehead atoms. The van der Waals surface area contributed by atoms with Crippen LogP contribution >= 0.6 is 23.1 Å². The second-order valence-corrected chi connectivity index (χ2v) is 9.97. The van der Waals surface area contributed by atoms with E-state index in [2.05, 4.69) is 42.1 Å². The molecule has 0 fully saturated rings. The van der Waals surface area contributed by atoms with Crippen LogP contribution in [0.15, 0.2) is 17.4 Å². The van der Waals surface area contributed by atoms with E-state index in [1.54, 1.807) is 17.5 Å². The van der Waals surface area contributed by atoms with Crippen molar-refractivity contribution in [1.29, 1.82) is 5.26 Å². The molecule has 3 rings (SSSR count). The third-order valence-electron chi connectivity index (χ3n) is 5.75. The number of fused-ring (bicyclic) bond motifs is 1. The maximum atomic E-state index is 12.4. The first kappa shape index (κ1) is 20.8. The van der Waals surface area contributed by atoms with Crippen LogP contribution in [0.25, 0.3) is 0 Å². The minimum Gasteiger partial charge on any atom is -0.316 e. The molecule has 0 radical (unpaired) electrons. The number of hydrogen-bond acceptors (Lipinski definition) is 6. The molecule has 0 spiro atoms.